The molecule has 0 spiro atoms. The number of nitrogens with zero attached hydrogens (tertiary/aromatic N) is 1. The fourth-order valence-corrected chi connectivity index (χ4v) is 3.25. The molecule has 4 nitrogen and oxygen atoms in total. The Morgan fingerprint density at radius 1 is 1.15 bits per heavy atom. The third-order valence-electron chi connectivity index (χ3n) is 4.77. The largest absolute Gasteiger partial charge is 0.388 e. The third-order valence-corrected chi connectivity index (χ3v) is 4.77. The van der Waals surface area contributed by atoms with E-state index >= 15 is 0 Å². The van der Waals surface area contributed by atoms with E-state index in [1.54, 1.807) is 7.11 Å². The van der Waals surface area contributed by atoms with Crippen LogP contribution in [0, 0.1) is 0 Å². The minimum Gasteiger partial charge on any atom is -0.388 e. The predicted molar refractivity (Wildman–Crippen MR) is 107 cm³/mol. The van der Waals surface area contributed by atoms with E-state index < -0.39 is 0 Å². The maximum atomic E-state index is 9.78. The van der Waals surface area contributed by atoms with Crippen molar-refractivity contribution in [3.63, 3.8) is 0 Å². The molecule has 2 N–H and O–H groups in total. The smallest absolute Gasteiger partial charge is 0.118 e. The summed E-state index contributed by atoms with van der Waals surface area (Å²) in [5, 5.41) is 9.78. The number of aliphatic hydroxyl groups is 1. The highest BCUT2D eigenvalue weighted by molar-refractivity contribution is 5.28. The van der Waals surface area contributed by atoms with E-state index in [-0.39, 0.29) is 11.5 Å². The second kappa shape index (κ2) is 9.36. The molecule has 1 heterocycles. The molecule has 144 valence electrons. The van der Waals surface area contributed by atoms with Gasteiger partial charge in [-0.25, -0.2) is 0 Å². The van der Waals surface area contributed by atoms with Gasteiger partial charge in [-0.1, -0.05) is 45.0 Å². The third kappa shape index (κ3) is 6.27. The Kier molecular flexibility index (Phi) is 7.44. The van der Waals surface area contributed by atoms with Crippen molar-refractivity contribution >= 4 is 0 Å². The zero-order valence-corrected chi connectivity index (χ0v) is 17.0. The van der Waals surface area contributed by atoms with E-state index in [0.717, 1.165) is 26.2 Å². The van der Waals surface area contributed by atoms with Crippen LogP contribution in [0.1, 0.15) is 44.5 Å². The summed E-state index contributed by atoms with van der Waals surface area (Å²) in [4.78, 5) is 1.34. The fraction of sp³-hybridized carbons (Fsp3) is 0.545. The van der Waals surface area contributed by atoms with E-state index in [0.29, 0.717) is 6.61 Å². The number of methoxy groups -OCH3 is 1. The van der Waals surface area contributed by atoms with Crippen molar-refractivity contribution < 1.29 is 14.7 Å². The van der Waals surface area contributed by atoms with Gasteiger partial charge in [0.2, 0.25) is 0 Å². The van der Waals surface area contributed by atoms with Crippen molar-refractivity contribution in [1.29, 1.82) is 0 Å². The molecule has 2 rings (SSSR count). The highest BCUT2D eigenvalue weighted by atomic mass is 16.5. The highest BCUT2D eigenvalue weighted by Gasteiger charge is 2.16. The number of rotatable bonds is 9. The summed E-state index contributed by atoms with van der Waals surface area (Å²) >= 11 is 0. The lowest BCUT2D eigenvalue weighted by atomic mass is 9.87. The lowest BCUT2D eigenvalue weighted by Gasteiger charge is -2.22. The van der Waals surface area contributed by atoms with Crippen LogP contribution < -0.4 is 4.90 Å². The molecule has 1 aromatic heterocycles. The molecule has 2 atom stereocenters. The molecular formula is C22H35N2O2+. The first-order valence-electron chi connectivity index (χ1n) is 9.53. The van der Waals surface area contributed by atoms with Gasteiger partial charge in [-0.3, -0.25) is 0 Å². The number of quaternary nitrogens is 1. The van der Waals surface area contributed by atoms with Crippen LogP contribution in [0.4, 0.5) is 0 Å². The van der Waals surface area contributed by atoms with E-state index in [4.69, 9.17) is 4.74 Å². The number of benzene rings is 1. The van der Waals surface area contributed by atoms with E-state index in [1.807, 2.05) is 6.92 Å². The summed E-state index contributed by atoms with van der Waals surface area (Å²) in [5.74, 6) is 0. The van der Waals surface area contributed by atoms with Crippen LogP contribution in [-0.2, 0) is 23.2 Å². The normalized spacial score (nSPS) is 14.4. The van der Waals surface area contributed by atoms with Crippen LogP contribution in [0.2, 0.25) is 0 Å². The molecule has 0 aliphatic heterocycles. The highest BCUT2D eigenvalue weighted by Crippen LogP contribution is 2.22. The Bertz CT molecular complexity index is 654. The molecule has 0 fully saturated rings. The monoisotopic (exact) mass is 359 g/mol. The van der Waals surface area contributed by atoms with Gasteiger partial charge < -0.3 is 19.3 Å². The van der Waals surface area contributed by atoms with Gasteiger partial charge in [0.25, 0.3) is 0 Å². The Balaban J connectivity index is 2.07. The molecule has 0 radical (unpaired) electrons. The average Bonchev–Trinajstić information content (AvgIpc) is 2.98. The van der Waals surface area contributed by atoms with Crippen LogP contribution in [0.25, 0.3) is 0 Å². The number of nitrogens with one attached hydrogen (secondary N) is 1. The lowest BCUT2D eigenvalue weighted by molar-refractivity contribution is -0.917. The van der Waals surface area contributed by atoms with Gasteiger partial charge >= 0.3 is 0 Å². The average molecular weight is 360 g/mol. The van der Waals surface area contributed by atoms with Gasteiger partial charge in [-0.15, -0.1) is 0 Å². The number of aliphatic hydroxyl groups excluding tert-OH is 1. The lowest BCUT2D eigenvalue weighted by Crippen LogP contribution is -3.12. The first-order valence-corrected chi connectivity index (χ1v) is 9.53. The fourth-order valence-electron chi connectivity index (χ4n) is 3.25. The minimum absolute atomic E-state index is 0.184. The van der Waals surface area contributed by atoms with Crippen LogP contribution in [0.15, 0.2) is 42.6 Å². The summed E-state index contributed by atoms with van der Waals surface area (Å²) in [5.41, 5.74) is 4.14. The molecular weight excluding hydrogens is 324 g/mol. The van der Waals surface area contributed by atoms with Crippen LogP contribution in [0.5, 0.6) is 0 Å². The zero-order valence-electron chi connectivity index (χ0n) is 17.0. The van der Waals surface area contributed by atoms with Crippen molar-refractivity contribution in [3.8, 4) is 0 Å². The van der Waals surface area contributed by atoms with E-state index in [1.165, 1.54) is 21.7 Å². The SMILES string of the molecule is COCC[NH+](Cc1cccn1Cc1ccc(C(C)(C)C)cc1)C[C@@H](C)O. The molecule has 26 heavy (non-hydrogen) atoms. The molecule has 0 aliphatic carbocycles. The van der Waals surface area contributed by atoms with Crippen molar-refractivity contribution in [1.82, 2.24) is 4.57 Å². The topological polar surface area (TPSA) is 38.8 Å². The first-order chi connectivity index (χ1) is 12.3. The maximum Gasteiger partial charge on any atom is 0.118 e. The van der Waals surface area contributed by atoms with Gasteiger partial charge in [-0.2, -0.15) is 0 Å². The first kappa shape index (κ1) is 20.7. The van der Waals surface area contributed by atoms with Crippen molar-refractivity contribution in [2.45, 2.75) is 52.3 Å². The predicted octanol–water partition coefficient (Wildman–Crippen LogP) is 2.25. The number of ether oxygens (including phenoxy) is 1. The maximum absolute atomic E-state index is 9.78. The molecule has 0 bridgehead atoms. The molecule has 0 aliphatic rings. The quantitative estimate of drug-likeness (QED) is 0.721. The van der Waals surface area contributed by atoms with Gasteiger partial charge in [0.05, 0.1) is 12.3 Å². The van der Waals surface area contributed by atoms with E-state index in [2.05, 4.69) is 67.9 Å². The molecule has 1 unspecified atom stereocenters. The molecule has 2 aromatic rings. The number of aromatic nitrogens is 1. The second-order valence-electron chi connectivity index (χ2n) is 8.30. The standard InChI is InChI=1S/C22H34N2O2/c1-18(25)15-23(13-14-26-5)17-21-7-6-12-24(21)16-19-8-10-20(11-9-19)22(2,3)4/h6-12,18,25H,13-17H2,1-5H3/p+1/t18-/m1/s1. The van der Waals surface area contributed by atoms with Crippen LogP contribution in [-0.4, -0.2) is 42.6 Å². The van der Waals surface area contributed by atoms with Crippen molar-refractivity contribution in [2.75, 3.05) is 26.8 Å². The van der Waals surface area contributed by atoms with Gasteiger partial charge in [0.1, 0.15) is 25.7 Å². The molecule has 4 heteroatoms. The van der Waals surface area contributed by atoms with Gasteiger partial charge in [0.15, 0.2) is 0 Å². The Hall–Kier alpha value is -1.62. The van der Waals surface area contributed by atoms with E-state index in [9.17, 15) is 5.11 Å². The van der Waals surface area contributed by atoms with Gasteiger partial charge in [0, 0.05) is 19.9 Å². The Morgan fingerprint density at radius 2 is 1.85 bits per heavy atom. The van der Waals surface area contributed by atoms with Crippen molar-refractivity contribution in [2.24, 2.45) is 0 Å². The number of hydrogen-bond acceptors (Lipinski definition) is 2. The summed E-state index contributed by atoms with van der Waals surface area (Å²) in [7, 11) is 1.73. The summed E-state index contributed by atoms with van der Waals surface area (Å²) < 4.78 is 7.53. The summed E-state index contributed by atoms with van der Waals surface area (Å²) in [6.07, 6.45) is 1.83. The molecule has 0 saturated heterocycles. The van der Waals surface area contributed by atoms with Crippen molar-refractivity contribution in [3.05, 3.63) is 59.4 Å². The Morgan fingerprint density at radius 3 is 2.42 bits per heavy atom. The zero-order chi connectivity index (χ0) is 19.2. The van der Waals surface area contributed by atoms with Crippen LogP contribution >= 0.6 is 0 Å². The van der Waals surface area contributed by atoms with Gasteiger partial charge in [-0.05, 0) is 35.6 Å². The summed E-state index contributed by atoms with van der Waals surface area (Å²) in [6, 6.07) is 13.2. The van der Waals surface area contributed by atoms with Crippen LogP contribution in [0.3, 0.4) is 0 Å². The Labute approximate surface area is 158 Å². The molecule has 0 saturated carbocycles. The summed E-state index contributed by atoms with van der Waals surface area (Å²) in [6.45, 7) is 12.7. The second-order valence-corrected chi connectivity index (χ2v) is 8.30. The number of hydrogen-bond donors (Lipinski definition) is 2. The molecule has 0 amide bonds. The minimum atomic E-state index is -0.310. The molecule has 1 aromatic carbocycles.